The van der Waals surface area contributed by atoms with E-state index >= 15 is 0 Å². The van der Waals surface area contributed by atoms with E-state index in [1.165, 1.54) is 24.8 Å². The van der Waals surface area contributed by atoms with Crippen molar-refractivity contribution >= 4 is 0 Å². The van der Waals surface area contributed by atoms with Crippen molar-refractivity contribution < 1.29 is 4.74 Å². The maximum atomic E-state index is 5.81. The summed E-state index contributed by atoms with van der Waals surface area (Å²) < 4.78 is 5.81. The van der Waals surface area contributed by atoms with Crippen molar-refractivity contribution in [1.29, 1.82) is 0 Å². The second-order valence-electron chi connectivity index (χ2n) is 5.58. The van der Waals surface area contributed by atoms with Gasteiger partial charge in [-0.2, -0.15) is 0 Å². The minimum atomic E-state index is 0.575. The third-order valence-electron chi connectivity index (χ3n) is 3.60. The van der Waals surface area contributed by atoms with Crippen molar-refractivity contribution in [2.24, 2.45) is 5.92 Å². The van der Waals surface area contributed by atoms with Crippen LogP contribution in [-0.2, 0) is 6.42 Å². The van der Waals surface area contributed by atoms with Gasteiger partial charge in [-0.1, -0.05) is 32.4 Å². The number of benzene rings is 1. The van der Waals surface area contributed by atoms with Crippen LogP contribution < -0.4 is 10.1 Å². The van der Waals surface area contributed by atoms with Gasteiger partial charge in [-0.25, -0.2) is 0 Å². The molecule has 19 heavy (non-hydrogen) atoms. The highest BCUT2D eigenvalue weighted by Crippen LogP contribution is 2.16. The van der Waals surface area contributed by atoms with E-state index in [2.05, 4.69) is 50.4 Å². The molecule has 1 N–H and O–H groups in total. The zero-order chi connectivity index (χ0) is 14.1. The molecule has 1 aromatic rings. The second-order valence-corrected chi connectivity index (χ2v) is 5.58. The van der Waals surface area contributed by atoms with Crippen LogP contribution in [0.3, 0.4) is 0 Å². The lowest BCUT2D eigenvalue weighted by Gasteiger charge is -2.13. The Morgan fingerprint density at radius 1 is 1.11 bits per heavy atom. The highest BCUT2D eigenvalue weighted by Gasteiger charge is 2.03. The summed E-state index contributed by atoms with van der Waals surface area (Å²) >= 11 is 0. The molecule has 108 valence electrons. The largest absolute Gasteiger partial charge is 0.493 e. The average molecular weight is 263 g/mol. The van der Waals surface area contributed by atoms with Gasteiger partial charge in [-0.05, 0) is 56.8 Å². The van der Waals surface area contributed by atoms with Crippen LogP contribution in [0.5, 0.6) is 5.75 Å². The van der Waals surface area contributed by atoms with Gasteiger partial charge in [0.1, 0.15) is 5.75 Å². The molecule has 0 saturated heterocycles. The molecule has 0 aromatic heterocycles. The monoisotopic (exact) mass is 263 g/mol. The van der Waals surface area contributed by atoms with Crippen LogP contribution in [0, 0.1) is 5.92 Å². The minimum Gasteiger partial charge on any atom is -0.493 e. The fraction of sp³-hybridized carbons (Fsp3) is 0.647. The van der Waals surface area contributed by atoms with Crippen molar-refractivity contribution in [3.8, 4) is 5.75 Å². The maximum absolute atomic E-state index is 5.81. The summed E-state index contributed by atoms with van der Waals surface area (Å²) in [6.07, 6.45) is 4.76. The van der Waals surface area contributed by atoms with Crippen LogP contribution in [0.2, 0.25) is 0 Å². The number of aryl methyl sites for hydroxylation is 1. The molecule has 0 fully saturated rings. The zero-order valence-electron chi connectivity index (χ0n) is 12.9. The summed E-state index contributed by atoms with van der Waals surface area (Å²) in [7, 11) is 2.01. The quantitative estimate of drug-likeness (QED) is 0.726. The fourth-order valence-corrected chi connectivity index (χ4v) is 2.09. The molecule has 0 aliphatic rings. The number of hydrogen-bond donors (Lipinski definition) is 1. The molecule has 2 nitrogen and oxygen atoms in total. The molecule has 0 radical (unpaired) electrons. The van der Waals surface area contributed by atoms with Gasteiger partial charge in [0.2, 0.25) is 0 Å². The van der Waals surface area contributed by atoms with E-state index in [4.69, 9.17) is 4.74 Å². The average Bonchev–Trinajstić information content (AvgIpc) is 2.44. The first kappa shape index (κ1) is 16.0. The number of ether oxygens (including phenoxy) is 1. The minimum absolute atomic E-state index is 0.575. The summed E-state index contributed by atoms with van der Waals surface area (Å²) in [5.74, 6) is 1.63. The summed E-state index contributed by atoms with van der Waals surface area (Å²) in [4.78, 5) is 0. The van der Waals surface area contributed by atoms with Crippen LogP contribution >= 0.6 is 0 Å². The van der Waals surface area contributed by atoms with Crippen LogP contribution in [0.4, 0.5) is 0 Å². The van der Waals surface area contributed by atoms with E-state index in [0.29, 0.717) is 12.0 Å². The zero-order valence-corrected chi connectivity index (χ0v) is 12.9. The Balaban J connectivity index is 2.34. The lowest BCUT2D eigenvalue weighted by atomic mass is 10.1. The van der Waals surface area contributed by atoms with Crippen molar-refractivity contribution in [3.63, 3.8) is 0 Å². The molecule has 2 atom stereocenters. The Hall–Kier alpha value is -1.02. The van der Waals surface area contributed by atoms with E-state index in [0.717, 1.165) is 18.8 Å². The number of hydrogen-bond acceptors (Lipinski definition) is 2. The molecular weight excluding hydrogens is 234 g/mol. The molecule has 0 saturated carbocycles. The molecule has 0 amide bonds. The van der Waals surface area contributed by atoms with Crippen molar-refractivity contribution in [3.05, 3.63) is 29.8 Å². The summed E-state index contributed by atoms with van der Waals surface area (Å²) in [6, 6.07) is 9.13. The fourth-order valence-electron chi connectivity index (χ4n) is 2.09. The number of nitrogens with one attached hydrogen (secondary N) is 1. The van der Waals surface area contributed by atoms with E-state index in [-0.39, 0.29) is 0 Å². The topological polar surface area (TPSA) is 21.3 Å². The van der Waals surface area contributed by atoms with Crippen LogP contribution in [0.1, 0.15) is 45.6 Å². The van der Waals surface area contributed by atoms with E-state index in [1.807, 2.05) is 7.05 Å². The van der Waals surface area contributed by atoms with Gasteiger partial charge in [-0.3, -0.25) is 0 Å². The second kappa shape index (κ2) is 8.98. The highest BCUT2D eigenvalue weighted by atomic mass is 16.5. The first-order chi connectivity index (χ1) is 9.15. The lowest BCUT2D eigenvalue weighted by molar-refractivity contribution is 0.251. The van der Waals surface area contributed by atoms with Crippen LogP contribution in [0.25, 0.3) is 0 Å². The van der Waals surface area contributed by atoms with Gasteiger partial charge in [0.25, 0.3) is 0 Å². The number of rotatable bonds is 9. The molecule has 0 bridgehead atoms. The third kappa shape index (κ3) is 6.63. The Kier molecular flexibility index (Phi) is 7.57. The molecule has 0 aliphatic carbocycles. The van der Waals surface area contributed by atoms with Gasteiger partial charge < -0.3 is 10.1 Å². The van der Waals surface area contributed by atoms with E-state index in [9.17, 15) is 0 Å². The van der Waals surface area contributed by atoms with Gasteiger partial charge in [0.15, 0.2) is 0 Å². The molecule has 2 unspecified atom stereocenters. The molecule has 2 heteroatoms. The highest BCUT2D eigenvalue weighted by molar-refractivity contribution is 5.27. The van der Waals surface area contributed by atoms with Crippen LogP contribution in [0.15, 0.2) is 24.3 Å². The first-order valence-electron chi connectivity index (χ1n) is 7.54. The summed E-state index contributed by atoms with van der Waals surface area (Å²) in [6.45, 7) is 7.50. The van der Waals surface area contributed by atoms with Crippen molar-refractivity contribution in [1.82, 2.24) is 5.32 Å². The molecule has 0 spiro atoms. The van der Waals surface area contributed by atoms with Crippen LogP contribution in [-0.4, -0.2) is 19.7 Å². The van der Waals surface area contributed by atoms with E-state index < -0.39 is 0 Å². The van der Waals surface area contributed by atoms with Gasteiger partial charge >= 0.3 is 0 Å². The van der Waals surface area contributed by atoms with Gasteiger partial charge in [0, 0.05) is 6.04 Å². The Morgan fingerprint density at radius 2 is 1.79 bits per heavy atom. The predicted molar refractivity (Wildman–Crippen MR) is 82.9 cm³/mol. The van der Waals surface area contributed by atoms with Crippen molar-refractivity contribution in [2.45, 2.75) is 52.5 Å². The molecule has 0 aliphatic heterocycles. The Labute approximate surface area is 118 Å². The summed E-state index contributed by atoms with van der Waals surface area (Å²) in [5.41, 5.74) is 1.39. The van der Waals surface area contributed by atoms with E-state index in [1.54, 1.807) is 0 Å². The summed E-state index contributed by atoms with van der Waals surface area (Å²) in [5, 5.41) is 3.27. The first-order valence-corrected chi connectivity index (χ1v) is 7.54. The molecular formula is C17H29NO. The standard InChI is InChI=1S/C17H29NO/c1-5-6-14(2)13-19-17-11-9-16(10-12-17)8-7-15(3)18-4/h9-12,14-15,18H,5-8,13H2,1-4H3. The third-order valence-corrected chi connectivity index (χ3v) is 3.60. The normalized spacial score (nSPS) is 14.1. The Bertz CT molecular complexity index is 334. The lowest BCUT2D eigenvalue weighted by Crippen LogP contribution is -2.21. The Morgan fingerprint density at radius 3 is 2.37 bits per heavy atom. The predicted octanol–water partition coefficient (Wildman–Crippen LogP) is 4.04. The smallest absolute Gasteiger partial charge is 0.119 e. The molecule has 1 rings (SSSR count). The molecule has 1 aromatic carbocycles. The van der Waals surface area contributed by atoms with Crippen molar-refractivity contribution in [2.75, 3.05) is 13.7 Å². The SMILES string of the molecule is CCCC(C)COc1ccc(CCC(C)NC)cc1. The molecule has 0 heterocycles. The van der Waals surface area contributed by atoms with Gasteiger partial charge in [0.05, 0.1) is 6.61 Å². The van der Waals surface area contributed by atoms with Gasteiger partial charge in [-0.15, -0.1) is 0 Å². The maximum Gasteiger partial charge on any atom is 0.119 e.